The first-order chi connectivity index (χ1) is 15.2. The number of methoxy groups -OCH3 is 1. The van der Waals surface area contributed by atoms with Crippen molar-refractivity contribution in [3.05, 3.63) is 34.1 Å². The average Bonchev–Trinajstić information content (AvgIpc) is 2.70. The van der Waals surface area contributed by atoms with Gasteiger partial charge in [-0.15, -0.1) is 0 Å². The highest BCUT2D eigenvalue weighted by molar-refractivity contribution is 9.10. The molecule has 0 spiro atoms. The van der Waals surface area contributed by atoms with E-state index in [1.165, 1.54) is 11.0 Å². The second-order valence-electron chi connectivity index (χ2n) is 9.47. The highest BCUT2D eigenvalue weighted by atomic mass is 79.9. The largest absolute Gasteiger partial charge is 0.443 e. The molecule has 1 aromatic carbocycles. The third-order valence-electron chi connectivity index (χ3n) is 5.15. The number of benzene rings is 1. The molecule has 0 fully saturated rings. The molecule has 10 heteroatoms. The van der Waals surface area contributed by atoms with Crippen LogP contribution in [0.2, 0.25) is 0 Å². The van der Waals surface area contributed by atoms with E-state index in [-0.39, 0.29) is 12.5 Å². The summed E-state index contributed by atoms with van der Waals surface area (Å²) in [5.74, 6) is 0.611. The van der Waals surface area contributed by atoms with Crippen molar-refractivity contribution >= 4 is 38.6 Å². The van der Waals surface area contributed by atoms with Gasteiger partial charge in [0.15, 0.2) is 0 Å². The molecular weight excluding hydrogens is 513 g/mol. The third kappa shape index (κ3) is 6.83. The number of amides is 1. The van der Waals surface area contributed by atoms with E-state index in [0.717, 1.165) is 4.47 Å². The maximum atomic E-state index is 15.0. The normalized spacial score (nSPS) is 22.7. The van der Waals surface area contributed by atoms with Crippen LogP contribution in [0.5, 0.6) is 0 Å². The van der Waals surface area contributed by atoms with Crippen molar-refractivity contribution in [2.45, 2.75) is 57.4 Å². The van der Waals surface area contributed by atoms with Crippen molar-refractivity contribution in [3.63, 3.8) is 0 Å². The second kappa shape index (κ2) is 10.9. The summed E-state index contributed by atoms with van der Waals surface area (Å²) in [5.41, 5.74) is -1.21. The Morgan fingerprint density at radius 3 is 2.55 bits per heavy atom. The van der Waals surface area contributed by atoms with Gasteiger partial charge in [0.25, 0.3) is 0 Å². The summed E-state index contributed by atoms with van der Waals surface area (Å²) in [6, 6.07) is 4.80. The predicted octanol–water partition coefficient (Wildman–Crippen LogP) is 5.28. The first-order valence-corrected chi connectivity index (χ1v) is 12.8. The van der Waals surface area contributed by atoms with E-state index in [4.69, 9.17) is 19.2 Å². The van der Waals surface area contributed by atoms with Crippen LogP contribution >= 0.6 is 15.9 Å². The van der Waals surface area contributed by atoms with Crippen LogP contribution < -0.4 is 0 Å². The molecule has 0 saturated carbocycles. The quantitative estimate of drug-likeness (QED) is 0.358. The highest BCUT2D eigenvalue weighted by Crippen LogP contribution is 2.39. The number of amidine groups is 1. The molecule has 1 aromatic rings. The molecule has 0 saturated heterocycles. The van der Waals surface area contributed by atoms with Crippen molar-refractivity contribution in [3.8, 4) is 0 Å². The summed E-state index contributed by atoms with van der Waals surface area (Å²) in [6.45, 7) is 11.9. The van der Waals surface area contributed by atoms with Gasteiger partial charge in [0.1, 0.15) is 24.0 Å². The zero-order chi connectivity index (χ0) is 25.0. The fourth-order valence-corrected chi connectivity index (χ4v) is 5.92. The summed E-state index contributed by atoms with van der Waals surface area (Å²) in [4.78, 5) is 19.7. The Morgan fingerprint density at radius 2 is 1.97 bits per heavy atom. The van der Waals surface area contributed by atoms with Crippen molar-refractivity contribution in [1.82, 2.24) is 4.90 Å². The lowest BCUT2D eigenvalue weighted by Crippen LogP contribution is -2.57. The number of hydrogen-bond acceptors (Lipinski definition) is 6. The van der Waals surface area contributed by atoms with Crippen molar-refractivity contribution in [1.29, 1.82) is 0 Å². The predicted molar refractivity (Wildman–Crippen MR) is 134 cm³/mol. The molecule has 0 radical (unpaired) electrons. The van der Waals surface area contributed by atoms with Crippen molar-refractivity contribution in [2.24, 2.45) is 9.36 Å². The first-order valence-electron chi connectivity index (χ1n) is 10.7. The zero-order valence-electron chi connectivity index (χ0n) is 20.7. The number of rotatable bonds is 6. The Bertz CT molecular complexity index is 933. The Hall–Kier alpha value is -1.36. The molecule has 1 heterocycles. The van der Waals surface area contributed by atoms with E-state index in [9.17, 15) is 9.18 Å². The Morgan fingerprint density at radius 1 is 1.30 bits per heavy atom. The summed E-state index contributed by atoms with van der Waals surface area (Å²) < 4.78 is 36.2. The fourth-order valence-electron chi connectivity index (χ4n) is 3.49. The summed E-state index contributed by atoms with van der Waals surface area (Å²) in [6.07, 6.45) is -0.578. The van der Waals surface area contributed by atoms with Gasteiger partial charge < -0.3 is 14.2 Å². The number of ether oxygens (including phenoxy) is 3. The summed E-state index contributed by atoms with van der Waals surface area (Å²) in [5, 5.41) is 0. The molecule has 33 heavy (non-hydrogen) atoms. The number of hydrogen-bond donors (Lipinski definition) is 0. The van der Waals surface area contributed by atoms with Gasteiger partial charge in [-0.2, -0.15) is 0 Å². The van der Waals surface area contributed by atoms with E-state index < -0.39 is 32.7 Å². The molecule has 1 aliphatic rings. The Kier molecular flexibility index (Phi) is 9.23. The monoisotopic (exact) mass is 547 g/mol. The Labute approximate surface area is 207 Å². The van der Waals surface area contributed by atoms with Gasteiger partial charge in [-0.05, 0) is 59.7 Å². The smallest absolute Gasteiger partial charge is 0.417 e. The molecule has 1 aliphatic heterocycles. The van der Waals surface area contributed by atoms with Gasteiger partial charge in [0, 0.05) is 29.9 Å². The third-order valence-corrected chi connectivity index (χ3v) is 8.28. The van der Waals surface area contributed by atoms with Crippen LogP contribution in [0.15, 0.2) is 32.0 Å². The minimum atomic E-state index is -0.936. The first kappa shape index (κ1) is 27.9. The van der Waals surface area contributed by atoms with Crippen molar-refractivity contribution < 1.29 is 23.4 Å². The fraction of sp³-hybridized carbons (Fsp3) is 0.652. The van der Waals surface area contributed by atoms with Crippen LogP contribution in [0.1, 0.15) is 47.1 Å². The number of halogens is 2. The van der Waals surface area contributed by atoms with E-state index in [1.807, 2.05) is 20.8 Å². The maximum Gasteiger partial charge on any atom is 0.417 e. The molecule has 0 N–H and O–H groups in total. The minimum absolute atomic E-state index is 0.0709. The average molecular weight is 549 g/mol. The maximum absolute atomic E-state index is 15.0. The zero-order valence-corrected chi connectivity index (χ0v) is 23.1. The molecule has 2 atom stereocenters. The van der Waals surface area contributed by atoms with Crippen LogP contribution in [-0.4, -0.2) is 67.0 Å². The van der Waals surface area contributed by atoms with Gasteiger partial charge >= 0.3 is 6.09 Å². The summed E-state index contributed by atoms with van der Waals surface area (Å²) in [7, 11) is 2.76. The number of carbonyl (C=O) groups excluding carboxylic acids is 1. The lowest BCUT2D eigenvalue weighted by atomic mass is 9.93. The van der Waals surface area contributed by atoms with E-state index >= 15 is 0 Å². The molecule has 0 aromatic heterocycles. The van der Waals surface area contributed by atoms with Gasteiger partial charge in [-0.25, -0.2) is 14.1 Å². The highest BCUT2D eigenvalue weighted by Gasteiger charge is 2.47. The van der Waals surface area contributed by atoms with E-state index in [2.05, 4.69) is 20.3 Å². The second-order valence-corrected chi connectivity index (χ2v) is 12.8. The molecule has 7 nitrogen and oxygen atoms in total. The number of aliphatic imine (C=N–C) groups is 1. The Balaban J connectivity index is 2.64. The van der Waals surface area contributed by atoms with Crippen LogP contribution in [0.3, 0.4) is 0 Å². The van der Waals surface area contributed by atoms with Crippen molar-refractivity contribution in [2.75, 3.05) is 39.9 Å². The lowest BCUT2D eigenvalue weighted by Gasteiger charge is -2.44. The molecule has 0 unspecified atom stereocenters. The minimum Gasteiger partial charge on any atom is -0.443 e. The SMILES string of the molecule is CN=[S@]1C[C@@](C)(c2cc(Br)ccc2F)N=C(N(COCCOC)C(=O)OC(C)(C)C)C1(C)C. The lowest BCUT2D eigenvalue weighted by molar-refractivity contribution is -0.00304. The van der Waals surface area contributed by atoms with E-state index in [1.54, 1.807) is 47.1 Å². The standard InChI is InChI=1S/C23H35BrFN3O4S/c1-21(2,3)32-20(29)28(15-31-12-11-30-8)19-22(4,5)33(26-7)14-23(6,27-19)17-13-16(24)9-10-18(17)25/h9-10,13H,11-12,14-15H2,1-8H3/t23-,33-/m0/s1. The number of carbonyl (C=O) groups is 1. The molecular formula is C23H35BrFN3O4S. The molecule has 1 amide bonds. The van der Waals surface area contributed by atoms with Crippen LogP contribution in [0, 0.1) is 5.82 Å². The van der Waals surface area contributed by atoms with Gasteiger partial charge in [-0.3, -0.25) is 9.36 Å². The van der Waals surface area contributed by atoms with E-state index in [0.29, 0.717) is 30.4 Å². The topological polar surface area (TPSA) is 72.7 Å². The van der Waals surface area contributed by atoms with Gasteiger partial charge in [0.05, 0.1) is 23.5 Å². The molecule has 186 valence electrons. The van der Waals surface area contributed by atoms with Gasteiger partial charge in [0.2, 0.25) is 0 Å². The molecule has 0 bridgehead atoms. The number of nitrogens with zero attached hydrogens (tertiary/aromatic N) is 3. The van der Waals surface area contributed by atoms with Gasteiger partial charge in [-0.1, -0.05) is 26.6 Å². The van der Waals surface area contributed by atoms with Crippen LogP contribution in [0.4, 0.5) is 9.18 Å². The molecule has 0 aliphatic carbocycles. The molecule has 2 rings (SSSR count). The van der Waals surface area contributed by atoms with Crippen LogP contribution in [0.25, 0.3) is 0 Å². The van der Waals surface area contributed by atoms with Crippen LogP contribution in [-0.2, 0) is 30.4 Å². The summed E-state index contributed by atoms with van der Waals surface area (Å²) >= 11 is 3.44.